The first-order valence-corrected chi connectivity index (χ1v) is 16.4. The lowest BCUT2D eigenvalue weighted by molar-refractivity contribution is -0.211. The Balaban J connectivity index is 1.02. The van der Waals surface area contributed by atoms with Crippen molar-refractivity contribution in [3.8, 4) is 11.1 Å². The molecule has 7 saturated carbocycles. The predicted molar refractivity (Wildman–Crippen MR) is 160 cm³/mol. The zero-order valence-corrected chi connectivity index (χ0v) is 24.8. The minimum absolute atomic E-state index is 0.0151. The summed E-state index contributed by atoms with van der Waals surface area (Å²) in [4.78, 5) is 25.8. The van der Waals surface area contributed by atoms with Crippen LogP contribution in [0.1, 0.15) is 93.3 Å². The third kappa shape index (κ3) is 3.79. The highest BCUT2D eigenvalue weighted by Gasteiger charge is 2.73. The maximum absolute atomic E-state index is 14.6. The number of fused-ring (bicyclic) bond motifs is 4. The molecule has 7 fully saturated rings. The first kappa shape index (κ1) is 25.4. The maximum Gasteiger partial charge on any atom is 0.233 e. The largest absolute Gasteiger partial charge is 0.339 e. The summed E-state index contributed by atoms with van der Waals surface area (Å²) < 4.78 is 21.6. The first-order chi connectivity index (χ1) is 20.3. The fourth-order valence-electron chi connectivity index (χ4n) is 8.64. The summed E-state index contributed by atoms with van der Waals surface area (Å²) in [6.45, 7) is 2.73. The van der Waals surface area contributed by atoms with Crippen molar-refractivity contribution in [2.45, 2.75) is 94.6 Å². The van der Waals surface area contributed by atoms with Crippen LogP contribution in [-0.2, 0) is 10.2 Å². The van der Waals surface area contributed by atoms with Gasteiger partial charge in [-0.05, 0) is 118 Å². The van der Waals surface area contributed by atoms with Crippen molar-refractivity contribution in [1.29, 1.82) is 0 Å². The summed E-state index contributed by atoms with van der Waals surface area (Å²) in [6, 6.07) is 14.8. The number of carbonyl (C=O) groups excluding carboxylic acids is 1. The monoisotopic (exact) mass is 582 g/mol. The molecule has 0 unspecified atom stereocenters. The van der Waals surface area contributed by atoms with Crippen LogP contribution in [0.25, 0.3) is 21.3 Å². The van der Waals surface area contributed by atoms with Gasteiger partial charge in [0.05, 0.1) is 20.6 Å². The number of thiazole rings is 1. The smallest absolute Gasteiger partial charge is 0.233 e. The molecule has 6 nitrogen and oxygen atoms in total. The molecule has 0 radical (unpaired) electrons. The number of hydrogen-bond donors (Lipinski definition) is 0. The molecule has 0 spiro atoms. The minimum atomic E-state index is -1.11. The summed E-state index contributed by atoms with van der Waals surface area (Å²) >= 11 is 1.70. The van der Waals surface area contributed by atoms with Gasteiger partial charge in [-0.2, -0.15) is 4.98 Å². The molecule has 7 aliphatic rings. The van der Waals surface area contributed by atoms with Gasteiger partial charge in [-0.1, -0.05) is 23.4 Å². The van der Waals surface area contributed by atoms with Crippen LogP contribution in [0.5, 0.6) is 0 Å². The van der Waals surface area contributed by atoms with Crippen LogP contribution in [0.3, 0.4) is 0 Å². The molecule has 0 saturated heterocycles. The van der Waals surface area contributed by atoms with E-state index in [1.807, 2.05) is 11.8 Å². The van der Waals surface area contributed by atoms with E-state index in [4.69, 9.17) is 9.51 Å². The molecule has 8 heteroatoms. The van der Waals surface area contributed by atoms with Crippen molar-refractivity contribution in [3.63, 3.8) is 0 Å². The number of aryl methyl sites for hydroxylation is 1. The molecule has 0 aliphatic heterocycles. The molecule has 7 aliphatic carbocycles. The van der Waals surface area contributed by atoms with Crippen LogP contribution in [0.15, 0.2) is 47.0 Å². The topological polar surface area (TPSA) is 72.1 Å². The Morgan fingerprint density at radius 2 is 1.74 bits per heavy atom. The third-order valence-electron chi connectivity index (χ3n) is 11.4. The Morgan fingerprint density at radius 3 is 2.45 bits per heavy atom. The molecule has 4 aromatic rings. The lowest BCUT2D eigenvalue weighted by Crippen LogP contribution is -2.71. The molecule has 2 heterocycles. The highest BCUT2D eigenvalue weighted by atomic mass is 32.1. The van der Waals surface area contributed by atoms with Gasteiger partial charge < -0.3 is 9.42 Å². The second kappa shape index (κ2) is 8.49. The van der Waals surface area contributed by atoms with E-state index in [0.29, 0.717) is 31.7 Å². The first-order valence-electron chi connectivity index (χ1n) is 15.6. The number of halogens is 1. The molecule has 1 amide bonds. The van der Waals surface area contributed by atoms with Crippen LogP contribution in [0.2, 0.25) is 0 Å². The van der Waals surface area contributed by atoms with Crippen molar-refractivity contribution in [2.24, 2.45) is 10.8 Å². The van der Waals surface area contributed by atoms with Crippen molar-refractivity contribution in [2.75, 3.05) is 11.4 Å². The number of aromatic nitrogens is 3. The number of anilines is 1. The van der Waals surface area contributed by atoms with E-state index in [2.05, 4.69) is 52.6 Å². The standard InChI is InChI=1S/C34H35FN4O2S/c1-21-36-26-8-7-24(16-27(26)42-21)23-3-2-4-25(15-23)39(30(40)33-17-34(35,18-33)19-33)20-31-9-12-32(13-10-31,14-11-31)29-37-28(38-41-29)22-5-6-22/h2-4,7-8,15-16,22H,5-6,9-14,17-20H2,1H3. The van der Waals surface area contributed by atoms with Crippen molar-refractivity contribution in [1.82, 2.24) is 15.1 Å². The van der Waals surface area contributed by atoms with Crippen molar-refractivity contribution in [3.05, 3.63) is 59.2 Å². The van der Waals surface area contributed by atoms with Crippen molar-refractivity contribution < 1.29 is 13.7 Å². The molecule has 11 rings (SSSR count). The number of amides is 1. The van der Waals surface area contributed by atoms with Gasteiger partial charge in [0, 0.05) is 23.6 Å². The van der Waals surface area contributed by atoms with E-state index in [1.54, 1.807) is 11.3 Å². The number of hydrogen-bond acceptors (Lipinski definition) is 6. The predicted octanol–water partition coefficient (Wildman–Crippen LogP) is 8.05. The summed E-state index contributed by atoms with van der Waals surface area (Å²) in [5.74, 6) is 2.35. The van der Waals surface area contributed by atoms with E-state index < -0.39 is 11.1 Å². The number of alkyl halides is 1. The van der Waals surface area contributed by atoms with Gasteiger partial charge in [-0.3, -0.25) is 4.79 Å². The Morgan fingerprint density at radius 1 is 1.00 bits per heavy atom. The van der Waals surface area contributed by atoms with E-state index in [1.165, 1.54) is 17.5 Å². The number of nitrogens with zero attached hydrogens (tertiary/aromatic N) is 4. The van der Waals surface area contributed by atoms with Gasteiger partial charge >= 0.3 is 0 Å². The molecule has 42 heavy (non-hydrogen) atoms. The molecule has 2 aromatic carbocycles. The van der Waals surface area contributed by atoms with Crippen LogP contribution >= 0.6 is 11.3 Å². The van der Waals surface area contributed by atoms with E-state index >= 15 is 0 Å². The second-order valence-electron chi connectivity index (χ2n) is 14.3. The number of benzene rings is 2. The maximum atomic E-state index is 14.6. The van der Waals surface area contributed by atoms with Gasteiger partial charge in [0.15, 0.2) is 5.82 Å². The quantitative estimate of drug-likeness (QED) is 0.220. The molecule has 4 bridgehead atoms. The summed E-state index contributed by atoms with van der Waals surface area (Å²) in [6.07, 6.45) is 9.68. The number of carbonyl (C=O) groups is 1. The normalized spacial score (nSPS) is 32.9. The molecule has 0 N–H and O–H groups in total. The van der Waals surface area contributed by atoms with Crippen LogP contribution < -0.4 is 4.90 Å². The van der Waals surface area contributed by atoms with Crippen LogP contribution in [-0.4, -0.2) is 33.2 Å². The lowest BCUT2D eigenvalue weighted by Gasteiger charge is -2.65. The van der Waals surface area contributed by atoms with Gasteiger partial charge in [-0.25, -0.2) is 9.37 Å². The number of rotatable bonds is 7. The average Bonchev–Trinajstić information content (AvgIpc) is 3.57. The molecular formula is C34H35FN4O2S. The Hall–Kier alpha value is -3.13. The van der Waals surface area contributed by atoms with Crippen molar-refractivity contribution >= 4 is 33.1 Å². The Bertz CT molecular complexity index is 1710. The molecule has 0 atom stereocenters. The highest BCUT2D eigenvalue weighted by molar-refractivity contribution is 7.18. The van der Waals surface area contributed by atoms with Gasteiger partial charge in [-0.15, -0.1) is 11.3 Å². The zero-order valence-electron chi connectivity index (χ0n) is 24.0. The Kier molecular flexibility index (Phi) is 5.13. The highest BCUT2D eigenvalue weighted by Crippen LogP contribution is 2.70. The van der Waals surface area contributed by atoms with E-state index in [0.717, 1.165) is 77.6 Å². The fourth-order valence-corrected chi connectivity index (χ4v) is 9.51. The summed E-state index contributed by atoms with van der Waals surface area (Å²) in [5.41, 5.74) is 2.58. The zero-order chi connectivity index (χ0) is 28.3. The lowest BCUT2D eigenvalue weighted by atomic mass is 9.41. The molecule has 2 aromatic heterocycles. The summed E-state index contributed by atoms with van der Waals surface area (Å²) in [5, 5.41) is 5.38. The second-order valence-corrected chi connectivity index (χ2v) is 15.6. The summed E-state index contributed by atoms with van der Waals surface area (Å²) in [7, 11) is 0. The van der Waals surface area contributed by atoms with E-state index in [9.17, 15) is 9.18 Å². The third-order valence-corrected chi connectivity index (χ3v) is 12.3. The molecular weight excluding hydrogens is 547 g/mol. The van der Waals surface area contributed by atoms with Gasteiger partial charge in [0.1, 0.15) is 5.67 Å². The van der Waals surface area contributed by atoms with E-state index in [-0.39, 0.29) is 16.7 Å². The fraction of sp³-hybridized carbons (Fsp3) is 0.529. The minimum Gasteiger partial charge on any atom is -0.339 e. The average molecular weight is 583 g/mol. The van der Waals surface area contributed by atoms with Gasteiger partial charge in [0.2, 0.25) is 11.8 Å². The van der Waals surface area contributed by atoms with Gasteiger partial charge in [0.25, 0.3) is 0 Å². The van der Waals surface area contributed by atoms with Crippen LogP contribution in [0.4, 0.5) is 10.1 Å². The Labute approximate surface area is 248 Å². The molecule has 216 valence electrons. The SMILES string of the molecule is Cc1nc2ccc(-c3cccc(N(CC45CCC(c6nc(C7CC7)no6)(CC4)CC5)C(=O)C45CC(F)(C4)C5)c3)cc2s1. The van der Waals surface area contributed by atoms with Crippen LogP contribution in [0, 0.1) is 17.8 Å².